The van der Waals surface area contributed by atoms with Crippen molar-refractivity contribution in [2.75, 3.05) is 5.73 Å². The molecule has 0 unspecified atom stereocenters. The molecule has 0 fully saturated rings. The van der Waals surface area contributed by atoms with Crippen LogP contribution in [0.2, 0.25) is 0 Å². The molecule has 21 heavy (non-hydrogen) atoms. The van der Waals surface area contributed by atoms with Gasteiger partial charge in [-0.05, 0) is 31.4 Å². The van der Waals surface area contributed by atoms with Crippen LogP contribution < -0.4 is 5.73 Å². The molecule has 0 radical (unpaired) electrons. The third-order valence-corrected chi connectivity index (χ3v) is 3.81. The van der Waals surface area contributed by atoms with E-state index in [1.54, 1.807) is 12.1 Å². The van der Waals surface area contributed by atoms with Gasteiger partial charge < -0.3 is 15.0 Å². The summed E-state index contributed by atoms with van der Waals surface area (Å²) >= 11 is 0. The first-order valence-electron chi connectivity index (χ1n) is 7.10. The molecule has 1 aromatic heterocycles. The predicted molar refractivity (Wildman–Crippen MR) is 77.7 cm³/mol. The fraction of sp³-hybridized carbons (Fsp3) is 0.400. The number of anilines is 1. The molecular weight excluding hydrogens is 268 g/mol. The summed E-state index contributed by atoms with van der Waals surface area (Å²) in [6.07, 6.45) is 3.18. The lowest BCUT2D eigenvalue weighted by molar-refractivity contribution is 0.0458. The first kappa shape index (κ1) is 13.6. The zero-order valence-corrected chi connectivity index (χ0v) is 12.0. The summed E-state index contributed by atoms with van der Waals surface area (Å²) in [6.45, 7) is 2.88. The molecule has 2 aromatic rings. The Hall–Kier alpha value is -2.37. The highest BCUT2D eigenvalue weighted by atomic mass is 16.5. The number of hydrogen-bond acceptors (Lipinski definition) is 5. The predicted octanol–water partition coefficient (Wildman–Crippen LogP) is 1.86. The quantitative estimate of drug-likeness (QED) is 0.688. The molecule has 110 valence electrons. The number of carbonyl (C=O) groups excluding carboxylic acids is 1. The van der Waals surface area contributed by atoms with Gasteiger partial charge in [0.25, 0.3) is 0 Å². The standard InChI is InChI=1S/C15H18N4O2/c1-10-5-4-6-11(14(10)16)15(20)21-9-13-18-17-12-7-2-3-8-19(12)13/h4-6H,2-3,7-9,16H2,1H3. The number of hydrogen-bond donors (Lipinski definition) is 1. The highest BCUT2D eigenvalue weighted by Crippen LogP contribution is 2.19. The number of para-hydroxylation sites is 1. The van der Waals surface area contributed by atoms with Crippen LogP contribution in [0.3, 0.4) is 0 Å². The Morgan fingerprint density at radius 3 is 3.10 bits per heavy atom. The second kappa shape index (κ2) is 5.55. The number of benzene rings is 1. The average molecular weight is 286 g/mol. The molecule has 0 saturated carbocycles. The number of aryl methyl sites for hydroxylation is 2. The lowest BCUT2D eigenvalue weighted by Gasteiger charge is -2.14. The third-order valence-electron chi connectivity index (χ3n) is 3.81. The number of rotatable bonds is 3. The number of nitrogens with two attached hydrogens (primary N) is 1. The summed E-state index contributed by atoms with van der Waals surface area (Å²) in [5.41, 5.74) is 7.63. The fourth-order valence-electron chi connectivity index (χ4n) is 2.54. The Bertz CT molecular complexity index is 678. The van der Waals surface area contributed by atoms with Crippen molar-refractivity contribution >= 4 is 11.7 Å². The van der Waals surface area contributed by atoms with Gasteiger partial charge in [0.2, 0.25) is 0 Å². The Morgan fingerprint density at radius 1 is 1.38 bits per heavy atom. The van der Waals surface area contributed by atoms with Crippen molar-refractivity contribution in [1.82, 2.24) is 14.8 Å². The van der Waals surface area contributed by atoms with Crippen LogP contribution in [0, 0.1) is 6.92 Å². The van der Waals surface area contributed by atoms with E-state index in [4.69, 9.17) is 10.5 Å². The van der Waals surface area contributed by atoms with Crippen molar-refractivity contribution in [3.63, 3.8) is 0 Å². The Labute approximate surface area is 122 Å². The summed E-state index contributed by atoms with van der Waals surface area (Å²) in [4.78, 5) is 12.1. The van der Waals surface area contributed by atoms with E-state index in [9.17, 15) is 4.79 Å². The fourth-order valence-corrected chi connectivity index (χ4v) is 2.54. The third kappa shape index (κ3) is 2.61. The van der Waals surface area contributed by atoms with E-state index in [0.29, 0.717) is 17.1 Å². The van der Waals surface area contributed by atoms with Crippen LogP contribution in [-0.4, -0.2) is 20.7 Å². The van der Waals surface area contributed by atoms with Crippen molar-refractivity contribution in [2.45, 2.75) is 39.3 Å². The van der Waals surface area contributed by atoms with Gasteiger partial charge in [0, 0.05) is 18.7 Å². The summed E-state index contributed by atoms with van der Waals surface area (Å²) in [5, 5.41) is 8.24. The van der Waals surface area contributed by atoms with Gasteiger partial charge in [0.05, 0.1) is 5.56 Å². The molecule has 6 heteroatoms. The summed E-state index contributed by atoms with van der Waals surface area (Å²) < 4.78 is 7.37. The minimum Gasteiger partial charge on any atom is -0.454 e. The van der Waals surface area contributed by atoms with Gasteiger partial charge in [-0.3, -0.25) is 0 Å². The smallest absolute Gasteiger partial charge is 0.340 e. The molecule has 1 aliphatic heterocycles. The van der Waals surface area contributed by atoms with E-state index in [0.717, 1.165) is 37.2 Å². The average Bonchev–Trinajstić information content (AvgIpc) is 2.91. The van der Waals surface area contributed by atoms with Gasteiger partial charge in [0.1, 0.15) is 5.82 Å². The minimum atomic E-state index is -0.427. The van der Waals surface area contributed by atoms with Gasteiger partial charge in [-0.1, -0.05) is 12.1 Å². The van der Waals surface area contributed by atoms with Crippen LogP contribution >= 0.6 is 0 Å². The second-order valence-corrected chi connectivity index (χ2v) is 5.25. The molecule has 0 aliphatic carbocycles. The maximum atomic E-state index is 12.1. The van der Waals surface area contributed by atoms with Crippen molar-refractivity contribution in [3.05, 3.63) is 41.0 Å². The SMILES string of the molecule is Cc1cccc(C(=O)OCc2nnc3n2CCCC3)c1N. The molecule has 0 atom stereocenters. The second-order valence-electron chi connectivity index (χ2n) is 5.25. The summed E-state index contributed by atoms with van der Waals surface area (Å²) in [7, 11) is 0. The number of carbonyl (C=O) groups is 1. The molecule has 2 N–H and O–H groups in total. The minimum absolute atomic E-state index is 0.124. The normalized spacial score (nSPS) is 13.8. The first-order valence-corrected chi connectivity index (χ1v) is 7.10. The largest absolute Gasteiger partial charge is 0.454 e. The van der Waals surface area contributed by atoms with Gasteiger partial charge in [-0.2, -0.15) is 0 Å². The van der Waals surface area contributed by atoms with Crippen molar-refractivity contribution in [1.29, 1.82) is 0 Å². The molecule has 0 amide bonds. The van der Waals surface area contributed by atoms with Crippen LogP contribution in [0.5, 0.6) is 0 Å². The van der Waals surface area contributed by atoms with Crippen LogP contribution in [-0.2, 0) is 24.3 Å². The van der Waals surface area contributed by atoms with Gasteiger partial charge in [0.15, 0.2) is 12.4 Å². The monoisotopic (exact) mass is 286 g/mol. The molecule has 2 heterocycles. The molecule has 3 rings (SSSR count). The van der Waals surface area contributed by atoms with E-state index >= 15 is 0 Å². The van der Waals surface area contributed by atoms with E-state index in [1.807, 2.05) is 17.6 Å². The zero-order valence-electron chi connectivity index (χ0n) is 12.0. The van der Waals surface area contributed by atoms with E-state index in [-0.39, 0.29) is 6.61 Å². The highest BCUT2D eigenvalue weighted by molar-refractivity contribution is 5.95. The number of esters is 1. The molecule has 0 bridgehead atoms. The molecular formula is C15H18N4O2. The van der Waals surface area contributed by atoms with Crippen LogP contribution in [0.4, 0.5) is 5.69 Å². The van der Waals surface area contributed by atoms with E-state index in [1.165, 1.54) is 0 Å². The number of nitrogen functional groups attached to an aromatic ring is 1. The molecule has 6 nitrogen and oxygen atoms in total. The topological polar surface area (TPSA) is 83.0 Å². The Morgan fingerprint density at radius 2 is 2.24 bits per heavy atom. The summed E-state index contributed by atoms with van der Waals surface area (Å²) in [5.74, 6) is 1.25. The van der Waals surface area contributed by atoms with Crippen LogP contribution in [0.1, 0.15) is 40.4 Å². The molecule has 1 aromatic carbocycles. The molecule has 0 saturated heterocycles. The Balaban J connectivity index is 1.71. The highest BCUT2D eigenvalue weighted by Gasteiger charge is 2.18. The van der Waals surface area contributed by atoms with Crippen LogP contribution in [0.25, 0.3) is 0 Å². The lowest BCUT2D eigenvalue weighted by Crippen LogP contribution is -2.15. The van der Waals surface area contributed by atoms with Gasteiger partial charge in [-0.15, -0.1) is 10.2 Å². The van der Waals surface area contributed by atoms with Gasteiger partial charge >= 0.3 is 5.97 Å². The van der Waals surface area contributed by atoms with E-state index < -0.39 is 5.97 Å². The number of ether oxygens (including phenoxy) is 1. The van der Waals surface area contributed by atoms with Crippen molar-refractivity contribution < 1.29 is 9.53 Å². The van der Waals surface area contributed by atoms with Crippen molar-refractivity contribution in [3.8, 4) is 0 Å². The molecule has 1 aliphatic rings. The maximum Gasteiger partial charge on any atom is 0.340 e. The zero-order chi connectivity index (χ0) is 14.8. The number of nitrogens with zero attached hydrogens (tertiary/aromatic N) is 3. The molecule has 0 spiro atoms. The maximum absolute atomic E-state index is 12.1. The van der Waals surface area contributed by atoms with E-state index in [2.05, 4.69) is 10.2 Å². The van der Waals surface area contributed by atoms with Gasteiger partial charge in [-0.25, -0.2) is 4.79 Å². The first-order chi connectivity index (χ1) is 10.2. The van der Waals surface area contributed by atoms with Crippen LogP contribution in [0.15, 0.2) is 18.2 Å². The van der Waals surface area contributed by atoms with Crippen molar-refractivity contribution in [2.24, 2.45) is 0 Å². The number of aromatic nitrogens is 3. The Kier molecular flexibility index (Phi) is 3.60. The summed E-state index contributed by atoms with van der Waals surface area (Å²) in [6, 6.07) is 5.33. The number of fused-ring (bicyclic) bond motifs is 1. The lowest BCUT2D eigenvalue weighted by atomic mass is 10.1.